The number of piperazine rings is 1. The van der Waals surface area contributed by atoms with E-state index in [9.17, 15) is 9.59 Å². The number of rotatable bonds is 2. The predicted octanol–water partition coefficient (Wildman–Crippen LogP) is 1.22. The average molecular weight is 312 g/mol. The number of imide groups is 1. The van der Waals surface area contributed by atoms with E-state index in [1.165, 1.54) is 0 Å². The van der Waals surface area contributed by atoms with Crippen LogP contribution in [0, 0.1) is 0 Å². The van der Waals surface area contributed by atoms with Crippen LogP contribution in [-0.4, -0.2) is 28.9 Å². The molecule has 0 unspecified atom stereocenters. The van der Waals surface area contributed by atoms with E-state index in [4.69, 9.17) is 29.6 Å². The fourth-order valence-corrected chi connectivity index (χ4v) is 2.45. The first kappa shape index (κ1) is 14.7. The number of nitrogens with one attached hydrogen (secondary N) is 1. The number of amides is 2. The summed E-state index contributed by atoms with van der Waals surface area (Å²) in [7, 11) is 0. The Kier molecular flexibility index (Phi) is 3.71. The Morgan fingerprint density at radius 1 is 1.45 bits per heavy atom. The van der Waals surface area contributed by atoms with Crippen molar-refractivity contribution in [2.75, 3.05) is 11.4 Å². The number of hydrogen-bond donors (Lipinski definition) is 2. The fourth-order valence-electron chi connectivity index (χ4n) is 2.11. The monoisotopic (exact) mass is 311 g/mol. The van der Waals surface area contributed by atoms with Gasteiger partial charge >= 0.3 is 0 Å². The van der Waals surface area contributed by atoms with Gasteiger partial charge in [-0.15, -0.1) is 0 Å². The zero-order chi connectivity index (χ0) is 15.1. The molecule has 3 N–H and O–H groups in total. The van der Waals surface area contributed by atoms with Gasteiger partial charge in [0.15, 0.2) is 0 Å². The number of anilines is 1. The first-order chi connectivity index (χ1) is 9.23. The van der Waals surface area contributed by atoms with Crippen LogP contribution in [0.25, 0.3) is 0 Å². The molecule has 1 aliphatic heterocycles. The molecule has 106 valence electrons. The third-order valence-corrected chi connectivity index (χ3v) is 3.75. The van der Waals surface area contributed by atoms with Crippen LogP contribution in [0.2, 0.25) is 5.02 Å². The molecule has 0 bridgehead atoms. The molecule has 0 saturated carbocycles. The lowest BCUT2D eigenvalue weighted by Gasteiger charge is -2.42. The molecule has 1 aliphatic rings. The van der Waals surface area contributed by atoms with E-state index in [1.54, 1.807) is 36.9 Å². The maximum Gasteiger partial charge on any atom is 0.251 e. The Balaban J connectivity index is 2.57. The molecular weight excluding hydrogens is 298 g/mol. The average Bonchev–Trinajstić information content (AvgIpc) is 2.34. The van der Waals surface area contributed by atoms with Crippen LogP contribution < -0.4 is 16.0 Å². The van der Waals surface area contributed by atoms with Crippen molar-refractivity contribution < 1.29 is 9.59 Å². The van der Waals surface area contributed by atoms with Gasteiger partial charge in [-0.25, -0.2) is 0 Å². The topological polar surface area (TPSA) is 75.4 Å². The lowest BCUT2D eigenvalue weighted by atomic mass is 9.96. The molecule has 20 heavy (non-hydrogen) atoms. The fraction of sp³-hybridized carbons (Fsp3) is 0.308. The Hall–Kier alpha value is -1.66. The lowest BCUT2D eigenvalue weighted by molar-refractivity contribution is -0.135. The van der Waals surface area contributed by atoms with E-state index >= 15 is 0 Å². The Morgan fingerprint density at radius 3 is 2.70 bits per heavy atom. The summed E-state index contributed by atoms with van der Waals surface area (Å²) in [6, 6.07) is 5.02. The van der Waals surface area contributed by atoms with Crippen LogP contribution in [0.5, 0.6) is 0 Å². The summed E-state index contributed by atoms with van der Waals surface area (Å²) in [6.45, 7) is 3.51. The number of nitrogens with two attached hydrogens (primary N) is 1. The molecule has 7 heteroatoms. The SMILES string of the molecule is CC1(C)C(=O)NC(=O)CN1c1ccc(Cl)cc1C(N)=S. The Labute approximate surface area is 127 Å². The van der Waals surface area contributed by atoms with E-state index in [1.807, 2.05) is 0 Å². The number of benzene rings is 1. The number of carbonyl (C=O) groups is 2. The summed E-state index contributed by atoms with van der Waals surface area (Å²) in [5.41, 5.74) is 5.99. The highest BCUT2D eigenvalue weighted by Crippen LogP contribution is 2.31. The summed E-state index contributed by atoms with van der Waals surface area (Å²) < 4.78 is 0. The third kappa shape index (κ3) is 2.48. The summed E-state index contributed by atoms with van der Waals surface area (Å²) in [4.78, 5) is 25.5. The highest BCUT2D eigenvalue weighted by molar-refractivity contribution is 7.80. The number of carbonyl (C=O) groups excluding carboxylic acids is 2. The van der Waals surface area contributed by atoms with Gasteiger partial charge in [0.25, 0.3) is 5.91 Å². The summed E-state index contributed by atoms with van der Waals surface area (Å²) >= 11 is 11.0. The highest BCUT2D eigenvalue weighted by Gasteiger charge is 2.41. The van der Waals surface area contributed by atoms with Gasteiger partial charge in [0.05, 0.1) is 6.54 Å². The quantitative estimate of drug-likeness (QED) is 0.634. The van der Waals surface area contributed by atoms with Crippen molar-refractivity contribution in [2.45, 2.75) is 19.4 Å². The maximum absolute atomic E-state index is 12.0. The van der Waals surface area contributed by atoms with Gasteiger partial charge in [0.2, 0.25) is 5.91 Å². The molecule has 5 nitrogen and oxygen atoms in total. The van der Waals surface area contributed by atoms with Crippen molar-refractivity contribution >= 4 is 46.3 Å². The molecule has 1 aromatic rings. The first-order valence-electron chi connectivity index (χ1n) is 5.95. The van der Waals surface area contributed by atoms with Crippen molar-refractivity contribution in [1.82, 2.24) is 5.32 Å². The van der Waals surface area contributed by atoms with E-state index in [0.717, 1.165) is 0 Å². The van der Waals surface area contributed by atoms with Crippen LogP contribution in [0.15, 0.2) is 18.2 Å². The second kappa shape index (κ2) is 5.03. The molecule has 0 radical (unpaired) electrons. The van der Waals surface area contributed by atoms with Gasteiger partial charge in [0.1, 0.15) is 10.5 Å². The van der Waals surface area contributed by atoms with Crippen molar-refractivity contribution in [1.29, 1.82) is 0 Å². The van der Waals surface area contributed by atoms with Gasteiger partial charge in [-0.3, -0.25) is 14.9 Å². The minimum Gasteiger partial charge on any atom is -0.389 e. The van der Waals surface area contributed by atoms with Crippen molar-refractivity contribution in [3.05, 3.63) is 28.8 Å². The zero-order valence-corrected chi connectivity index (χ0v) is 12.6. The standard InChI is InChI=1S/C13H14ClN3O2S/c1-13(2)12(19)16-10(18)6-17(13)9-4-3-7(14)5-8(9)11(15)20/h3-5H,6H2,1-2H3,(H2,15,20)(H,16,18,19). The Bertz CT molecular complexity index is 616. The number of nitrogens with zero attached hydrogens (tertiary/aromatic N) is 1. The molecule has 0 aromatic heterocycles. The van der Waals surface area contributed by atoms with Gasteiger partial charge < -0.3 is 10.6 Å². The van der Waals surface area contributed by atoms with Crippen molar-refractivity contribution in [2.24, 2.45) is 5.73 Å². The van der Waals surface area contributed by atoms with Crippen LogP contribution in [0.4, 0.5) is 5.69 Å². The second-order valence-electron chi connectivity index (χ2n) is 5.05. The molecule has 0 aliphatic carbocycles. The zero-order valence-electron chi connectivity index (χ0n) is 11.1. The van der Waals surface area contributed by atoms with E-state index in [2.05, 4.69) is 5.32 Å². The third-order valence-electron chi connectivity index (χ3n) is 3.30. The van der Waals surface area contributed by atoms with Crippen molar-refractivity contribution in [3.63, 3.8) is 0 Å². The van der Waals surface area contributed by atoms with Gasteiger partial charge in [-0.1, -0.05) is 23.8 Å². The normalized spacial score (nSPS) is 17.9. The smallest absolute Gasteiger partial charge is 0.251 e. The molecule has 0 atom stereocenters. The van der Waals surface area contributed by atoms with Gasteiger partial charge in [-0.2, -0.15) is 0 Å². The highest BCUT2D eigenvalue weighted by atomic mass is 35.5. The minimum absolute atomic E-state index is 0.0516. The second-order valence-corrected chi connectivity index (χ2v) is 5.92. The van der Waals surface area contributed by atoms with E-state index < -0.39 is 5.54 Å². The number of hydrogen-bond acceptors (Lipinski definition) is 4. The van der Waals surface area contributed by atoms with Crippen molar-refractivity contribution in [3.8, 4) is 0 Å². The van der Waals surface area contributed by atoms with Crippen LogP contribution >= 0.6 is 23.8 Å². The minimum atomic E-state index is -0.888. The van der Waals surface area contributed by atoms with E-state index in [0.29, 0.717) is 16.3 Å². The molecule has 2 amide bonds. The number of halogens is 1. The molecule has 0 spiro atoms. The largest absolute Gasteiger partial charge is 0.389 e. The van der Waals surface area contributed by atoms with Gasteiger partial charge in [-0.05, 0) is 32.0 Å². The lowest BCUT2D eigenvalue weighted by Crippen LogP contribution is -2.64. The maximum atomic E-state index is 12.0. The molecule has 2 rings (SSSR count). The Morgan fingerprint density at radius 2 is 2.10 bits per heavy atom. The number of thiocarbonyl (C=S) groups is 1. The molecule has 1 fully saturated rings. The summed E-state index contributed by atoms with van der Waals surface area (Å²) in [6.07, 6.45) is 0. The summed E-state index contributed by atoms with van der Waals surface area (Å²) in [5, 5.41) is 2.81. The van der Waals surface area contributed by atoms with Gasteiger partial charge in [0, 0.05) is 16.3 Å². The molecule has 1 heterocycles. The molecule has 1 saturated heterocycles. The van der Waals surface area contributed by atoms with Crippen LogP contribution in [-0.2, 0) is 9.59 Å². The van der Waals surface area contributed by atoms with Crippen LogP contribution in [0.3, 0.4) is 0 Å². The van der Waals surface area contributed by atoms with E-state index in [-0.39, 0.29) is 23.3 Å². The predicted molar refractivity (Wildman–Crippen MR) is 81.9 cm³/mol. The molecule has 1 aromatic carbocycles. The first-order valence-corrected chi connectivity index (χ1v) is 6.73. The molecular formula is C13H14ClN3O2S. The van der Waals surface area contributed by atoms with Crippen LogP contribution in [0.1, 0.15) is 19.4 Å². The summed E-state index contributed by atoms with van der Waals surface area (Å²) in [5.74, 6) is -0.726.